The monoisotopic (exact) mass is 661 g/mol. The second-order valence-corrected chi connectivity index (χ2v) is 16.7. The number of carbonyl (C=O) groups excluding carboxylic acids is 1. The SMILES string of the molecule is CCCCCCCCCCCCCCCCCCNC(=O)O[C@H]1CN[C@@H](C(c2ccc(C(C)(C)C)cc2)c2ccc(C(C)(C)C)cc2)C1. The van der Waals surface area contributed by atoms with E-state index in [9.17, 15) is 4.79 Å². The first kappa shape index (κ1) is 40.1. The van der Waals surface area contributed by atoms with Crippen LogP contribution in [0, 0.1) is 0 Å². The standard InChI is InChI=1S/C44H72N2O2/c1-8-9-10-11-12-13-14-15-16-17-18-19-20-21-22-23-32-45-42(47)48-39-33-40(46-34-39)41(35-24-28-37(29-25-35)43(2,3)4)36-26-30-38(31-27-36)44(5,6)7/h24-31,39-41,46H,8-23,32-34H2,1-7H3,(H,45,47)/t39-,40-/m1/s1. The lowest BCUT2D eigenvalue weighted by Crippen LogP contribution is -2.30. The number of benzene rings is 2. The van der Waals surface area contributed by atoms with Gasteiger partial charge in [-0.1, -0.05) is 193 Å². The van der Waals surface area contributed by atoms with Gasteiger partial charge in [-0.3, -0.25) is 0 Å². The topological polar surface area (TPSA) is 50.4 Å². The molecule has 4 nitrogen and oxygen atoms in total. The molecule has 270 valence electrons. The summed E-state index contributed by atoms with van der Waals surface area (Å²) >= 11 is 0. The minimum atomic E-state index is -0.274. The maximum absolute atomic E-state index is 12.7. The Morgan fingerprint density at radius 1 is 0.667 bits per heavy atom. The summed E-state index contributed by atoms with van der Waals surface area (Å²) < 4.78 is 5.91. The number of ether oxygens (including phenoxy) is 1. The van der Waals surface area contributed by atoms with Gasteiger partial charge in [0, 0.05) is 31.5 Å². The molecule has 0 radical (unpaired) electrons. The van der Waals surface area contributed by atoms with Crippen LogP contribution < -0.4 is 10.6 Å². The van der Waals surface area contributed by atoms with Gasteiger partial charge in [0.25, 0.3) is 0 Å². The van der Waals surface area contributed by atoms with Crippen molar-refractivity contribution in [2.45, 2.75) is 187 Å². The van der Waals surface area contributed by atoms with E-state index < -0.39 is 0 Å². The third-order valence-corrected chi connectivity index (χ3v) is 10.4. The predicted octanol–water partition coefficient (Wildman–Crippen LogP) is 12.1. The van der Waals surface area contributed by atoms with Gasteiger partial charge in [-0.25, -0.2) is 4.79 Å². The summed E-state index contributed by atoms with van der Waals surface area (Å²) in [5.74, 6) is 0.190. The highest BCUT2D eigenvalue weighted by atomic mass is 16.6. The lowest BCUT2D eigenvalue weighted by atomic mass is 9.80. The summed E-state index contributed by atoms with van der Waals surface area (Å²) in [6, 6.07) is 18.5. The normalized spacial score (nSPS) is 16.8. The fourth-order valence-corrected chi connectivity index (χ4v) is 7.17. The molecule has 0 saturated carbocycles. The Bertz CT molecular complexity index is 1080. The van der Waals surface area contributed by atoms with Crippen molar-refractivity contribution in [3.8, 4) is 0 Å². The number of alkyl carbamates (subject to hydrolysis) is 1. The summed E-state index contributed by atoms with van der Waals surface area (Å²) in [6.45, 7) is 17.2. The Kier molecular flexibility index (Phi) is 17.6. The maximum Gasteiger partial charge on any atom is 0.407 e. The molecule has 3 rings (SSSR count). The van der Waals surface area contributed by atoms with Gasteiger partial charge < -0.3 is 15.4 Å². The third-order valence-electron chi connectivity index (χ3n) is 10.4. The summed E-state index contributed by atoms with van der Waals surface area (Å²) in [4.78, 5) is 12.7. The van der Waals surface area contributed by atoms with E-state index in [1.54, 1.807) is 0 Å². The van der Waals surface area contributed by atoms with Crippen LogP contribution in [0.25, 0.3) is 0 Å². The van der Waals surface area contributed by atoms with Crippen LogP contribution in [0.3, 0.4) is 0 Å². The summed E-state index contributed by atoms with van der Waals surface area (Å²) in [7, 11) is 0. The molecule has 1 amide bonds. The molecule has 0 bridgehead atoms. The summed E-state index contributed by atoms with van der Waals surface area (Å²) in [6.07, 6.45) is 22.1. The van der Waals surface area contributed by atoms with Gasteiger partial charge in [0.15, 0.2) is 0 Å². The number of carbonyl (C=O) groups is 1. The minimum absolute atomic E-state index is 0.118. The number of unbranched alkanes of at least 4 members (excludes halogenated alkanes) is 15. The van der Waals surface area contributed by atoms with Crippen LogP contribution >= 0.6 is 0 Å². The molecule has 0 aliphatic carbocycles. The Balaban J connectivity index is 1.34. The molecule has 1 aliphatic heterocycles. The van der Waals surface area contributed by atoms with Gasteiger partial charge >= 0.3 is 6.09 Å². The first-order chi connectivity index (χ1) is 23.0. The van der Waals surface area contributed by atoms with E-state index in [1.807, 2.05) is 0 Å². The molecular weight excluding hydrogens is 588 g/mol. The van der Waals surface area contributed by atoms with Gasteiger partial charge in [0.1, 0.15) is 6.10 Å². The van der Waals surface area contributed by atoms with Crippen molar-refractivity contribution >= 4 is 6.09 Å². The van der Waals surface area contributed by atoms with Gasteiger partial charge in [-0.05, 0) is 39.5 Å². The highest BCUT2D eigenvalue weighted by molar-refractivity contribution is 5.67. The lowest BCUT2D eigenvalue weighted by molar-refractivity contribution is 0.106. The molecule has 0 unspecified atom stereocenters. The molecule has 2 aromatic rings. The fraction of sp³-hybridized carbons (Fsp3) is 0.705. The van der Waals surface area contributed by atoms with Crippen molar-refractivity contribution < 1.29 is 9.53 Å². The highest BCUT2D eigenvalue weighted by Crippen LogP contribution is 2.35. The average Bonchev–Trinajstić information content (AvgIpc) is 3.49. The van der Waals surface area contributed by atoms with E-state index in [0.29, 0.717) is 13.1 Å². The van der Waals surface area contributed by atoms with Crippen molar-refractivity contribution in [3.63, 3.8) is 0 Å². The minimum Gasteiger partial charge on any atom is -0.445 e. The van der Waals surface area contributed by atoms with E-state index in [0.717, 1.165) is 12.8 Å². The molecule has 1 fully saturated rings. The van der Waals surface area contributed by atoms with Crippen molar-refractivity contribution in [2.24, 2.45) is 0 Å². The molecule has 0 aromatic heterocycles. The van der Waals surface area contributed by atoms with Crippen LogP contribution in [-0.4, -0.2) is 31.3 Å². The molecule has 48 heavy (non-hydrogen) atoms. The third kappa shape index (κ3) is 14.7. The molecule has 2 aromatic carbocycles. The lowest BCUT2D eigenvalue weighted by Gasteiger charge is -2.27. The fourth-order valence-electron chi connectivity index (χ4n) is 7.17. The second-order valence-electron chi connectivity index (χ2n) is 16.7. The van der Waals surface area contributed by atoms with Gasteiger partial charge in [0.2, 0.25) is 0 Å². The molecule has 2 N–H and O–H groups in total. The van der Waals surface area contributed by atoms with Crippen molar-refractivity contribution in [1.82, 2.24) is 10.6 Å². The molecule has 0 spiro atoms. The van der Waals surface area contributed by atoms with Gasteiger partial charge in [-0.15, -0.1) is 0 Å². The first-order valence-corrected chi connectivity index (χ1v) is 19.9. The van der Waals surface area contributed by atoms with E-state index in [2.05, 4.69) is 108 Å². The van der Waals surface area contributed by atoms with Crippen LogP contribution in [0.4, 0.5) is 4.79 Å². The average molecular weight is 661 g/mol. The molecule has 1 aliphatic rings. The molecular formula is C44H72N2O2. The largest absolute Gasteiger partial charge is 0.445 e. The van der Waals surface area contributed by atoms with Crippen LogP contribution in [0.5, 0.6) is 0 Å². The zero-order valence-electron chi connectivity index (χ0n) is 32.1. The maximum atomic E-state index is 12.7. The molecule has 4 heteroatoms. The zero-order valence-corrected chi connectivity index (χ0v) is 32.1. The zero-order chi connectivity index (χ0) is 34.8. The van der Waals surface area contributed by atoms with E-state index in [4.69, 9.17) is 4.74 Å². The number of hydrogen-bond donors (Lipinski definition) is 2. The second kappa shape index (κ2) is 21.0. The van der Waals surface area contributed by atoms with E-state index in [1.165, 1.54) is 119 Å². The predicted molar refractivity (Wildman–Crippen MR) is 206 cm³/mol. The Morgan fingerprint density at radius 3 is 1.46 bits per heavy atom. The van der Waals surface area contributed by atoms with Gasteiger partial charge in [-0.2, -0.15) is 0 Å². The van der Waals surface area contributed by atoms with Crippen LogP contribution in [-0.2, 0) is 15.6 Å². The Labute approximate surface area is 296 Å². The summed E-state index contributed by atoms with van der Waals surface area (Å²) in [5, 5.41) is 6.74. The first-order valence-electron chi connectivity index (χ1n) is 19.9. The molecule has 1 saturated heterocycles. The van der Waals surface area contributed by atoms with Gasteiger partial charge in [0.05, 0.1) is 0 Å². The van der Waals surface area contributed by atoms with Crippen molar-refractivity contribution in [3.05, 3.63) is 70.8 Å². The molecule has 1 heterocycles. The van der Waals surface area contributed by atoms with Crippen molar-refractivity contribution in [1.29, 1.82) is 0 Å². The Morgan fingerprint density at radius 2 is 1.06 bits per heavy atom. The summed E-state index contributed by atoms with van der Waals surface area (Å²) in [5.41, 5.74) is 5.53. The van der Waals surface area contributed by atoms with E-state index in [-0.39, 0.29) is 35.0 Å². The smallest absolute Gasteiger partial charge is 0.407 e. The van der Waals surface area contributed by atoms with Crippen LogP contribution in [0.15, 0.2) is 48.5 Å². The number of hydrogen-bond acceptors (Lipinski definition) is 3. The van der Waals surface area contributed by atoms with Crippen molar-refractivity contribution in [2.75, 3.05) is 13.1 Å². The Hall–Kier alpha value is -2.33. The van der Waals surface area contributed by atoms with Crippen LogP contribution in [0.2, 0.25) is 0 Å². The number of rotatable bonds is 21. The quantitative estimate of drug-likeness (QED) is 0.131. The number of amides is 1. The highest BCUT2D eigenvalue weighted by Gasteiger charge is 2.34. The molecule has 2 atom stereocenters. The number of nitrogens with one attached hydrogen (secondary N) is 2. The van der Waals surface area contributed by atoms with Crippen LogP contribution in [0.1, 0.15) is 186 Å². The van der Waals surface area contributed by atoms with E-state index >= 15 is 0 Å².